The van der Waals surface area contributed by atoms with Crippen molar-refractivity contribution in [3.8, 4) is 0 Å². The van der Waals surface area contributed by atoms with Crippen molar-refractivity contribution >= 4 is 0 Å². The molecule has 25 heavy (non-hydrogen) atoms. The molecule has 0 aliphatic heterocycles. The lowest BCUT2D eigenvalue weighted by Crippen LogP contribution is -2.48. The van der Waals surface area contributed by atoms with Crippen LogP contribution in [0.2, 0.25) is 0 Å². The molecule has 0 amide bonds. The summed E-state index contributed by atoms with van der Waals surface area (Å²) in [6, 6.07) is 0. The van der Waals surface area contributed by atoms with E-state index < -0.39 is 0 Å². The summed E-state index contributed by atoms with van der Waals surface area (Å²) in [6.45, 7) is 17.1. The van der Waals surface area contributed by atoms with E-state index in [2.05, 4.69) is 60.6 Å². The summed E-state index contributed by atoms with van der Waals surface area (Å²) >= 11 is 0. The highest BCUT2D eigenvalue weighted by Crippen LogP contribution is 2.62. The van der Waals surface area contributed by atoms with Crippen molar-refractivity contribution in [2.45, 2.75) is 106 Å². The van der Waals surface area contributed by atoms with Crippen molar-refractivity contribution in [3.05, 3.63) is 12.2 Å². The molecule has 0 heteroatoms. The Bertz CT molecular complexity index is 435. The summed E-state index contributed by atoms with van der Waals surface area (Å²) in [5.41, 5.74) is 1.24. The Morgan fingerprint density at radius 1 is 1.08 bits per heavy atom. The largest absolute Gasteiger partial charge is 0.0914 e. The number of hydrogen-bond acceptors (Lipinski definition) is 0. The Kier molecular flexibility index (Phi) is 7.26. The lowest BCUT2D eigenvalue weighted by Gasteiger charge is -2.56. The van der Waals surface area contributed by atoms with Gasteiger partial charge in [-0.15, -0.1) is 0 Å². The van der Waals surface area contributed by atoms with Gasteiger partial charge in [0.05, 0.1) is 0 Å². The van der Waals surface area contributed by atoms with Gasteiger partial charge in [-0.3, -0.25) is 0 Å². The van der Waals surface area contributed by atoms with Crippen LogP contribution in [0.1, 0.15) is 106 Å². The minimum atomic E-state index is 0.562. The van der Waals surface area contributed by atoms with E-state index in [1.54, 1.807) is 0 Å². The first-order chi connectivity index (χ1) is 11.8. The van der Waals surface area contributed by atoms with Gasteiger partial charge < -0.3 is 0 Å². The second kappa shape index (κ2) is 8.62. The van der Waals surface area contributed by atoms with E-state index in [1.807, 2.05) is 0 Å². The monoisotopic (exact) mass is 346 g/mol. The Morgan fingerprint density at radius 2 is 1.80 bits per heavy atom. The van der Waals surface area contributed by atoms with Gasteiger partial charge in [-0.1, -0.05) is 85.8 Å². The number of hydrogen-bond donors (Lipinski definition) is 0. The molecular weight excluding hydrogens is 300 g/mol. The Hall–Kier alpha value is -0.260. The van der Waals surface area contributed by atoms with E-state index in [4.69, 9.17) is 0 Å². The van der Waals surface area contributed by atoms with Crippen LogP contribution in [0.3, 0.4) is 0 Å². The van der Waals surface area contributed by atoms with Gasteiger partial charge in [0, 0.05) is 0 Å². The van der Waals surface area contributed by atoms with Crippen molar-refractivity contribution < 1.29 is 0 Å². The molecule has 2 fully saturated rings. The molecule has 146 valence electrons. The fourth-order valence-electron chi connectivity index (χ4n) is 6.07. The summed E-state index contributed by atoms with van der Waals surface area (Å²) in [4.78, 5) is 0. The highest BCUT2D eigenvalue weighted by molar-refractivity contribution is 5.09. The van der Waals surface area contributed by atoms with Crippen LogP contribution in [0.15, 0.2) is 12.2 Å². The summed E-state index contributed by atoms with van der Waals surface area (Å²) in [6.07, 6.45) is 17.7. The molecule has 0 aromatic carbocycles. The predicted octanol–water partition coefficient (Wildman–Crippen LogP) is 8.27. The average molecular weight is 347 g/mol. The van der Waals surface area contributed by atoms with Crippen LogP contribution in [-0.2, 0) is 0 Å². The number of rotatable bonds is 11. The third kappa shape index (κ3) is 4.36. The smallest absolute Gasteiger partial charge is 0.0174 e. The molecule has 0 aromatic heterocycles. The molecule has 0 aromatic rings. The molecule has 2 aliphatic carbocycles. The lowest BCUT2D eigenvalue weighted by molar-refractivity contribution is -0.0487. The van der Waals surface area contributed by atoms with Gasteiger partial charge in [0.1, 0.15) is 0 Å². The standard InChI is InChI=1S/C25H46/c1-8-11-12-14-20(5)25(7)18-22(25)16-15-19(4)23-17-21(13-9-2)24(23,6)10-3/h9,13,19-23H,8,10-12,14-18H2,1-7H3. The van der Waals surface area contributed by atoms with Gasteiger partial charge in [-0.2, -0.15) is 0 Å². The molecule has 7 unspecified atom stereocenters. The van der Waals surface area contributed by atoms with Crippen LogP contribution in [-0.4, -0.2) is 0 Å². The van der Waals surface area contributed by atoms with E-state index in [-0.39, 0.29) is 0 Å². The van der Waals surface area contributed by atoms with Gasteiger partial charge in [-0.25, -0.2) is 0 Å². The second-order valence-corrected chi connectivity index (χ2v) is 10.2. The second-order valence-electron chi connectivity index (χ2n) is 10.2. The molecule has 2 rings (SSSR count). The Labute approximate surface area is 159 Å². The van der Waals surface area contributed by atoms with Crippen molar-refractivity contribution in [2.24, 2.45) is 40.4 Å². The lowest BCUT2D eigenvalue weighted by atomic mass is 9.49. The van der Waals surface area contributed by atoms with Crippen LogP contribution in [0, 0.1) is 40.4 Å². The van der Waals surface area contributed by atoms with Crippen LogP contribution in [0.25, 0.3) is 0 Å². The van der Waals surface area contributed by atoms with Crippen LogP contribution in [0.5, 0.6) is 0 Å². The van der Waals surface area contributed by atoms with Gasteiger partial charge in [0.25, 0.3) is 0 Å². The van der Waals surface area contributed by atoms with E-state index >= 15 is 0 Å². The zero-order valence-electron chi connectivity index (χ0n) is 18.4. The first kappa shape index (κ1) is 21.0. The van der Waals surface area contributed by atoms with Gasteiger partial charge in [0.2, 0.25) is 0 Å². The molecule has 0 spiro atoms. The maximum atomic E-state index is 2.58. The van der Waals surface area contributed by atoms with Crippen molar-refractivity contribution in [3.63, 3.8) is 0 Å². The highest BCUT2D eigenvalue weighted by Gasteiger charge is 2.54. The van der Waals surface area contributed by atoms with E-state index in [0.717, 1.165) is 29.6 Å². The summed E-state index contributed by atoms with van der Waals surface area (Å²) in [7, 11) is 0. The predicted molar refractivity (Wildman–Crippen MR) is 113 cm³/mol. The first-order valence-electron chi connectivity index (χ1n) is 11.5. The van der Waals surface area contributed by atoms with Crippen molar-refractivity contribution in [1.29, 1.82) is 0 Å². The molecule has 0 heterocycles. The van der Waals surface area contributed by atoms with Crippen molar-refractivity contribution in [2.75, 3.05) is 0 Å². The van der Waals surface area contributed by atoms with E-state index in [0.29, 0.717) is 10.8 Å². The Balaban J connectivity index is 1.77. The van der Waals surface area contributed by atoms with E-state index in [9.17, 15) is 0 Å². The molecule has 0 bridgehead atoms. The zero-order chi connectivity index (χ0) is 18.7. The molecule has 0 N–H and O–H groups in total. The van der Waals surface area contributed by atoms with Crippen molar-refractivity contribution in [1.82, 2.24) is 0 Å². The normalized spacial score (nSPS) is 40.0. The summed E-state index contributed by atoms with van der Waals surface area (Å²) in [5.74, 6) is 4.64. The topological polar surface area (TPSA) is 0 Å². The maximum absolute atomic E-state index is 2.58. The van der Waals surface area contributed by atoms with Gasteiger partial charge in [0.15, 0.2) is 0 Å². The molecular formula is C25H46. The summed E-state index contributed by atoms with van der Waals surface area (Å²) < 4.78 is 0. The minimum Gasteiger partial charge on any atom is -0.0914 e. The number of unbranched alkanes of at least 4 members (excludes halogenated alkanes) is 2. The van der Waals surface area contributed by atoms with Crippen LogP contribution in [0.4, 0.5) is 0 Å². The average Bonchev–Trinajstić information content (AvgIpc) is 3.27. The third-order valence-electron chi connectivity index (χ3n) is 8.87. The molecule has 2 saturated carbocycles. The van der Waals surface area contributed by atoms with E-state index in [1.165, 1.54) is 57.8 Å². The minimum absolute atomic E-state index is 0.562. The van der Waals surface area contributed by atoms with Gasteiger partial charge in [-0.05, 0) is 73.0 Å². The van der Waals surface area contributed by atoms with Crippen LogP contribution >= 0.6 is 0 Å². The number of allylic oxidation sites excluding steroid dienone is 2. The maximum Gasteiger partial charge on any atom is -0.0174 e. The molecule has 0 saturated heterocycles. The molecule has 2 aliphatic rings. The summed E-state index contributed by atoms with van der Waals surface area (Å²) in [5, 5.41) is 0. The third-order valence-corrected chi connectivity index (χ3v) is 8.87. The first-order valence-corrected chi connectivity index (χ1v) is 11.5. The SMILES string of the molecule is CC=CC1CC(C(C)CCC2CC2(C)C(C)CCCCC)C1(C)CC. The molecule has 0 nitrogen and oxygen atoms in total. The molecule has 0 radical (unpaired) electrons. The van der Waals surface area contributed by atoms with Gasteiger partial charge >= 0.3 is 0 Å². The zero-order valence-corrected chi connectivity index (χ0v) is 18.4. The Morgan fingerprint density at radius 3 is 2.40 bits per heavy atom. The molecule has 7 atom stereocenters. The quantitative estimate of drug-likeness (QED) is 0.261. The fraction of sp³-hybridized carbons (Fsp3) is 0.920. The van der Waals surface area contributed by atoms with Crippen LogP contribution < -0.4 is 0 Å². The highest BCUT2D eigenvalue weighted by atomic mass is 14.6. The fourth-order valence-corrected chi connectivity index (χ4v) is 6.07.